The lowest BCUT2D eigenvalue weighted by atomic mass is 9.80. The van der Waals surface area contributed by atoms with E-state index in [1.807, 2.05) is 30.3 Å². The molecule has 0 unspecified atom stereocenters. The molecular formula is C21H13N3O5. The third-order valence-corrected chi connectivity index (χ3v) is 5.14. The number of nitrogens with zero attached hydrogens (tertiary/aromatic N) is 2. The highest BCUT2D eigenvalue weighted by Crippen LogP contribution is 2.50. The van der Waals surface area contributed by atoms with Gasteiger partial charge in [-0.1, -0.05) is 30.3 Å². The smallest absolute Gasteiger partial charge is 0.277 e. The van der Waals surface area contributed by atoms with E-state index in [2.05, 4.69) is 6.07 Å². The van der Waals surface area contributed by atoms with Crippen molar-refractivity contribution in [3.8, 4) is 23.3 Å². The van der Waals surface area contributed by atoms with Gasteiger partial charge in [0.25, 0.3) is 5.69 Å². The number of nitro groups is 1. The molecule has 2 heterocycles. The Balaban J connectivity index is 1.87. The van der Waals surface area contributed by atoms with Crippen LogP contribution in [0.4, 0.5) is 5.69 Å². The zero-order valence-corrected chi connectivity index (χ0v) is 14.9. The molecule has 0 spiro atoms. The number of hydrogen-bond donors (Lipinski definition) is 1. The van der Waals surface area contributed by atoms with Gasteiger partial charge < -0.3 is 19.9 Å². The molecular weight excluding hydrogens is 374 g/mol. The van der Waals surface area contributed by atoms with Crippen LogP contribution in [0.5, 0.6) is 17.2 Å². The molecule has 0 saturated carbocycles. The monoisotopic (exact) mass is 387 g/mol. The number of nitrogens with two attached hydrogens (primary N) is 1. The lowest BCUT2D eigenvalue weighted by molar-refractivity contribution is -0.385. The molecule has 0 radical (unpaired) electrons. The van der Waals surface area contributed by atoms with Crippen molar-refractivity contribution < 1.29 is 19.1 Å². The number of hydrogen-bond acceptors (Lipinski definition) is 7. The van der Waals surface area contributed by atoms with Gasteiger partial charge in [-0.15, -0.1) is 0 Å². The number of nitro benzene ring substituents is 1. The Kier molecular flexibility index (Phi) is 3.57. The summed E-state index contributed by atoms with van der Waals surface area (Å²) in [5, 5.41) is 23.4. The first-order valence-electron chi connectivity index (χ1n) is 8.75. The number of nitriles is 1. The van der Waals surface area contributed by atoms with Crippen LogP contribution in [0.15, 0.2) is 60.0 Å². The van der Waals surface area contributed by atoms with Crippen LogP contribution in [0.3, 0.4) is 0 Å². The van der Waals surface area contributed by atoms with Gasteiger partial charge in [-0.2, -0.15) is 5.26 Å². The second kappa shape index (κ2) is 6.14. The molecule has 0 bridgehead atoms. The van der Waals surface area contributed by atoms with Crippen LogP contribution in [0, 0.1) is 21.4 Å². The molecule has 29 heavy (non-hydrogen) atoms. The van der Waals surface area contributed by atoms with Gasteiger partial charge in [0, 0.05) is 11.1 Å². The van der Waals surface area contributed by atoms with E-state index in [0.29, 0.717) is 28.4 Å². The summed E-state index contributed by atoms with van der Waals surface area (Å²) in [5.41, 5.74) is 6.89. The van der Waals surface area contributed by atoms with Crippen LogP contribution in [-0.2, 0) is 0 Å². The third-order valence-electron chi connectivity index (χ3n) is 5.14. The summed E-state index contributed by atoms with van der Waals surface area (Å²) < 4.78 is 16.4. The number of rotatable bonds is 2. The van der Waals surface area contributed by atoms with E-state index in [-0.39, 0.29) is 23.9 Å². The van der Waals surface area contributed by atoms with Gasteiger partial charge >= 0.3 is 0 Å². The lowest BCUT2D eigenvalue weighted by Gasteiger charge is -2.27. The first-order chi connectivity index (χ1) is 14.1. The van der Waals surface area contributed by atoms with Crippen LogP contribution < -0.4 is 19.9 Å². The minimum Gasteiger partial charge on any atom is -0.454 e. The summed E-state index contributed by atoms with van der Waals surface area (Å²) in [4.78, 5) is 11.4. The Bertz CT molecular complexity index is 1280. The first kappa shape index (κ1) is 16.9. The summed E-state index contributed by atoms with van der Waals surface area (Å²) in [5.74, 6) is 0.269. The maximum absolute atomic E-state index is 11.9. The summed E-state index contributed by atoms with van der Waals surface area (Å²) >= 11 is 0. The molecule has 8 heteroatoms. The van der Waals surface area contributed by atoms with Crippen LogP contribution in [0.1, 0.15) is 17.0 Å². The van der Waals surface area contributed by atoms with Gasteiger partial charge in [0.05, 0.1) is 16.9 Å². The van der Waals surface area contributed by atoms with Crippen molar-refractivity contribution >= 4 is 16.5 Å². The second-order valence-electron chi connectivity index (χ2n) is 6.64. The van der Waals surface area contributed by atoms with Gasteiger partial charge in [0.1, 0.15) is 17.4 Å². The zero-order chi connectivity index (χ0) is 20.1. The predicted molar refractivity (Wildman–Crippen MR) is 102 cm³/mol. The minimum absolute atomic E-state index is 0.0215. The molecule has 3 aromatic carbocycles. The van der Waals surface area contributed by atoms with Crippen molar-refractivity contribution in [1.82, 2.24) is 0 Å². The van der Waals surface area contributed by atoms with Crippen LogP contribution in [-0.4, -0.2) is 11.7 Å². The largest absolute Gasteiger partial charge is 0.454 e. The number of ether oxygens (including phenoxy) is 3. The van der Waals surface area contributed by atoms with Crippen molar-refractivity contribution in [2.75, 3.05) is 6.79 Å². The van der Waals surface area contributed by atoms with E-state index in [1.165, 1.54) is 6.07 Å². The van der Waals surface area contributed by atoms with Crippen molar-refractivity contribution in [2.24, 2.45) is 5.73 Å². The molecule has 0 aliphatic carbocycles. The van der Waals surface area contributed by atoms with Crippen molar-refractivity contribution in [1.29, 1.82) is 5.26 Å². The molecule has 3 aromatic rings. The molecule has 1 atom stereocenters. The minimum atomic E-state index is -0.787. The first-order valence-corrected chi connectivity index (χ1v) is 8.75. The Morgan fingerprint density at radius 3 is 2.62 bits per heavy atom. The zero-order valence-electron chi connectivity index (χ0n) is 14.9. The quantitative estimate of drug-likeness (QED) is 0.526. The third kappa shape index (κ3) is 2.45. The van der Waals surface area contributed by atoms with Crippen LogP contribution in [0.25, 0.3) is 10.8 Å². The van der Waals surface area contributed by atoms with Crippen LogP contribution >= 0.6 is 0 Å². The highest BCUT2D eigenvalue weighted by Gasteiger charge is 2.37. The van der Waals surface area contributed by atoms with Gasteiger partial charge in [-0.25, -0.2) is 0 Å². The summed E-state index contributed by atoms with van der Waals surface area (Å²) in [6.45, 7) is -0.0215. The number of benzene rings is 3. The van der Waals surface area contributed by atoms with E-state index in [0.717, 1.165) is 10.8 Å². The average Bonchev–Trinajstić information content (AvgIpc) is 3.19. The Morgan fingerprint density at radius 1 is 1.10 bits per heavy atom. The SMILES string of the molecule is N#CC1=C(N)Oc2ccc3ccccc3c2[C@H]1c1cc2c(cc1[N+](=O)[O-])OCO2. The topological polar surface area (TPSA) is 121 Å². The van der Waals surface area contributed by atoms with Crippen molar-refractivity contribution in [2.45, 2.75) is 5.92 Å². The summed E-state index contributed by atoms with van der Waals surface area (Å²) in [6.07, 6.45) is 0. The second-order valence-corrected chi connectivity index (χ2v) is 6.64. The fourth-order valence-corrected chi connectivity index (χ4v) is 3.89. The van der Waals surface area contributed by atoms with Gasteiger partial charge in [0.15, 0.2) is 11.5 Å². The molecule has 5 rings (SSSR count). The number of fused-ring (bicyclic) bond motifs is 4. The van der Waals surface area contributed by atoms with Gasteiger partial charge in [-0.3, -0.25) is 10.1 Å². The molecule has 142 valence electrons. The molecule has 2 aliphatic heterocycles. The van der Waals surface area contributed by atoms with E-state index in [9.17, 15) is 15.4 Å². The Hall–Kier alpha value is -4.25. The predicted octanol–water partition coefficient (Wildman–Crippen LogP) is 3.69. The maximum atomic E-state index is 11.9. The van der Waals surface area contributed by atoms with E-state index >= 15 is 0 Å². The normalized spacial score (nSPS) is 16.9. The number of allylic oxidation sites excluding steroid dienone is 1. The molecule has 0 saturated heterocycles. The van der Waals surface area contributed by atoms with E-state index in [1.54, 1.807) is 12.1 Å². The van der Waals surface area contributed by atoms with Crippen LogP contribution in [0.2, 0.25) is 0 Å². The molecule has 8 nitrogen and oxygen atoms in total. The fourth-order valence-electron chi connectivity index (χ4n) is 3.89. The maximum Gasteiger partial charge on any atom is 0.277 e. The Morgan fingerprint density at radius 2 is 1.86 bits per heavy atom. The molecule has 0 aromatic heterocycles. The van der Waals surface area contributed by atoms with Crippen molar-refractivity contribution in [3.63, 3.8) is 0 Å². The summed E-state index contributed by atoms with van der Waals surface area (Å²) in [7, 11) is 0. The van der Waals surface area contributed by atoms with Gasteiger partial charge in [-0.05, 0) is 22.9 Å². The average molecular weight is 387 g/mol. The standard InChI is InChI=1S/C21H13N3O5/c22-9-14-19(13-7-17-18(28-10-27-17)8-15(13)24(25)26)20-12-4-2-1-3-11(12)5-6-16(20)29-21(14)23/h1-8,19H,10,23H2/t19-/m0/s1. The highest BCUT2D eigenvalue weighted by molar-refractivity contribution is 5.90. The Labute approximate surface area is 164 Å². The lowest BCUT2D eigenvalue weighted by Crippen LogP contribution is -2.22. The van der Waals surface area contributed by atoms with Crippen molar-refractivity contribution in [3.05, 3.63) is 81.2 Å². The van der Waals surface area contributed by atoms with Gasteiger partial charge in [0.2, 0.25) is 12.7 Å². The summed E-state index contributed by atoms with van der Waals surface area (Å²) in [6, 6.07) is 16.2. The highest BCUT2D eigenvalue weighted by atomic mass is 16.7. The fraction of sp³-hybridized carbons (Fsp3) is 0.0952. The van der Waals surface area contributed by atoms with E-state index < -0.39 is 10.8 Å². The molecule has 2 aliphatic rings. The van der Waals surface area contributed by atoms with E-state index in [4.69, 9.17) is 19.9 Å². The molecule has 2 N–H and O–H groups in total. The molecule has 0 amide bonds. The molecule has 0 fully saturated rings.